The smallest absolute Gasteiger partial charge is 0.343 e. The van der Waals surface area contributed by atoms with Gasteiger partial charge in [-0.15, -0.1) is 0 Å². The van der Waals surface area contributed by atoms with Crippen molar-refractivity contribution in [1.29, 1.82) is 0 Å². The van der Waals surface area contributed by atoms with Gasteiger partial charge in [-0.1, -0.05) is 32.1 Å². The Morgan fingerprint density at radius 1 is 0.586 bits per heavy atom. The van der Waals surface area contributed by atoms with Crippen LogP contribution in [-0.4, -0.2) is 80.7 Å². The molecule has 58 heavy (non-hydrogen) atoms. The number of benzene rings is 4. The van der Waals surface area contributed by atoms with Crippen molar-refractivity contribution in [3.63, 3.8) is 0 Å². The lowest BCUT2D eigenvalue weighted by Crippen LogP contribution is -2.36. The van der Waals surface area contributed by atoms with Gasteiger partial charge in [-0.2, -0.15) is 0 Å². The van der Waals surface area contributed by atoms with E-state index < -0.39 is 54.3 Å². The molecule has 0 N–H and O–H groups in total. The molecule has 2 aliphatic heterocycles. The van der Waals surface area contributed by atoms with Crippen molar-refractivity contribution in [2.45, 2.75) is 63.4 Å². The van der Waals surface area contributed by atoms with Gasteiger partial charge >= 0.3 is 29.8 Å². The average Bonchev–Trinajstić information content (AvgIpc) is 3.84. The Morgan fingerprint density at radius 3 is 1.48 bits per heavy atom. The zero-order valence-electron chi connectivity index (χ0n) is 32.0. The molecule has 0 amide bonds. The number of carbonyl (C=O) groups excluding carboxylic acids is 5. The summed E-state index contributed by atoms with van der Waals surface area (Å²) in [6.07, 6.45) is 2.80. The van der Waals surface area contributed by atoms with Crippen LogP contribution in [0.15, 0.2) is 110 Å². The third-order valence-electron chi connectivity index (χ3n) is 9.40. The van der Waals surface area contributed by atoms with E-state index in [0.717, 1.165) is 30.9 Å². The maximum Gasteiger partial charge on any atom is 0.343 e. The largest absolute Gasteiger partial charge is 0.494 e. The van der Waals surface area contributed by atoms with Crippen molar-refractivity contribution in [3.8, 4) is 17.2 Å². The lowest BCUT2D eigenvalue weighted by atomic mass is 10.1. The summed E-state index contributed by atoms with van der Waals surface area (Å²) in [4.78, 5) is 62.4. The summed E-state index contributed by atoms with van der Waals surface area (Å²) in [5, 5.41) is 0. The maximum absolute atomic E-state index is 13.0. The van der Waals surface area contributed by atoms with Gasteiger partial charge in [-0.05, 0) is 116 Å². The van der Waals surface area contributed by atoms with Gasteiger partial charge in [-0.25, -0.2) is 24.0 Å². The van der Waals surface area contributed by atoms with E-state index in [1.54, 1.807) is 36.4 Å². The number of fused-ring (bicyclic) bond motifs is 1. The Hall–Kier alpha value is -6.31. The second kappa shape index (κ2) is 20.2. The van der Waals surface area contributed by atoms with Crippen LogP contribution in [0.4, 0.5) is 0 Å². The number of rotatable bonds is 18. The number of hydrogen-bond donors (Lipinski definition) is 0. The minimum absolute atomic E-state index is 0.0450. The van der Waals surface area contributed by atoms with E-state index in [0.29, 0.717) is 36.3 Å². The molecule has 4 aromatic rings. The van der Waals surface area contributed by atoms with Crippen molar-refractivity contribution < 1.29 is 61.9 Å². The van der Waals surface area contributed by atoms with Crippen LogP contribution in [0.25, 0.3) is 0 Å². The lowest BCUT2D eigenvalue weighted by molar-refractivity contribution is -0.137. The van der Waals surface area contributed by atoms with Crippen LogP contribution in [0.2, 0.25) is 0 Å². The van der Waals surface area contributed by atoms with Gasteiger partial charge in [-0.3, -0.25) is 0 Å². The van der Waals surface area contributed by atoms with Gasteiger partial charge in [0.2, 0.25) is 0 Å². The fourth-order valence-electron chi connectivity index (χ4n) is 6.19. The van der Waals surface area contributed by atoms with Crippen molar-refractivity contribution in [2.75, 3.05) is 26.4 Å². The minimum Gasteiger partial charge on any atom is -0.494 e. The molecule has 4 aromatic carbocycles. The third-order valence-corrected chi connectivity index (χ3v) is 9.40. The van der Waals surface area contributed by atoms with Gasteiger partial charge < -0.3 is 37.9 Å². The summed E-state index contributed by atoms with van der Waals surface area (Å²) >= 11 is 0. The molecule has 0 bridgehead atoms. The van der Waals surface area contributed by atoms with Gasteiger partial charge in [0.05, 0.1) is 48.7 Å². The van der Waals surface area contributed by atoms with Crippen molar-refractivity contribution in [3.05, 3.63) is 138 Å². The number of ether oxygens (including phenoxy) is 8. The molecule has 13 nitrogen and oxygen atoms in total. The zero-order valence-corrected chi connectivity index (χ0v) is 32.0. The SMILES string of the molecule is C=CC(=O)OCCCCOc1ccc(C(=O)Oc2ccc(C(=O)O[C@H]3CO[C@H]4[C@@H]3OC[C@H]4OC(=O)c3ccc(OC(=O)c4ccc(CCCC)cc4)cc3)cc2)cc1. The molecule has 2 saturated heterocycles. The van der Waals surface area contributed by atoms with E-state index in [-0.39, 0.29) is 42.4 Å². The average molecular weight is 793 g/mol. The highest BCUT2D eigenvalue weighted by Crippen LogP contribution is 2.32. The van der Waals surface area contributed by atoms with Crippen LogP contribution >= 0.6 is 0 Å². The molecule has 0 spiro atoms. The van der Waals surface area contributed by atoms with E-state index in [2.05, 4.69) is 13.5 Å². The van der Waals surface area contributed by atoms with E-state index >= 15 is 0 Å². The van der Waals surface area contributed by atoms with Crippen LogP contribution in [0.1, 0.15) is 79.6 Å². The maximum atomic E-state index is 13.0. The van der Waals surface area contributed by atoms with Crippen LogP contribution in [0.3, 0.4) is 0 Å². The van der Waals surface area contributed by atoms with Crippen LogP contribution in [0, 0.1) is 0 Å². The normalized spacial score (nSPS) is 18.0. The summed E-state index contributed by atoms with van der Waals surface area (Å²) in [6.45, 7) is 6.27. The molecular weight excluding hydrogens is 748 g/mol. The molecule has 2 heterocycles. The molecule has 302 valence electrons. The predicted molar refractivity (Wildman–Crippen MR) is 208 cm³/mol. The van der Waals surface area contributed by atoms with E-state index in [4.69, 9.17) is 37.9 Å². The van der Waals surface area contributed by atoms with Gasteiger partial charge in [0.1, 0.15) is 29.5 Å². The third kappa shape index (κ3) is 11.2. The number of unbranched alkanes of at least 4 members (excludes halogenated alkanes) is 2. The van der Waals surface area contributed by atoms with Gasteiger partial charge in [0.15, 0.2) is 12.2 Å². The summed E-state index contributed by atoms with van der Waals surface area (Å²) < 4.78 is 44.6. The topological polar surface area (TPSA) is 159 Å². The second-order valence-electron chi connectivity index (χ2n) is 13.6. The molecule has 0 unspecified atom stereocenters. The van der Waals surface area contributed by atoms with Crippen LogP contribution < -0.4 is 14.2 Å². The Kier molecular flexibility index (Phi) is 14.4. The Morgan fingerprint density at radius 2 is 1.02 bits per heavy atom. The zero-order chi connectivity index (χ0) is 40.9. The molecule has 4 atom stereocenters. The molecule has 2 aliphatic rings. The minimum atomic E-state index is -0.741. The molecular formula is C45H44O13. The van der Waals surface area contributed by atoms with E-state index in [9.17, 15) is 24.0 Å². The number of esters is 5. The Labute approximate surface area is 335 Å². The molecule has 0 saturated carbocycles. The quantitative estimate of drug-likeness (QED) is 0.0337. The second-order valence-corrected chi connectivity index (χ2v) is 13.6. The first-order chi connectivity index (χ1) is 28.2. The highest BCUT2D eigenvalue weighted by Gasteiger charge is 2.51. The van der Waals surface area contributed by atoms with Crippen molar-refractivity contribution in [2.24, 2.45) is 0 Å². The Bertz CT molecular complexity index is 2040. The highest BCUT2D eigenvalue weighted by atomic mass is 16.7. The van der Waals surface area contributed by atoms with Crippen LogP contribution in [-0.2, 0) is 34.9 Å². The fraction of sp³-hybridized carbons (Fsp3) is 0.311. The lowest BCUT2D eigenvalue weighted by Gasteiger charge is -2.17. The molecule has 0 radical (unpaired) electrons. The fourth-order valence-corrected chi connectivity index (χ4v) is 6.19. The predicted octanol–water partition coefficient (Wildman–Crippen LogP) is 6.90. The Balaban J connectivity index is 0.915. The monoisotopic (exact) mass is 792 g/mol. The first-order valence-corrected chi connectivity index (χ1v) is 19.1. The highest BCUT2D eigenvalue weighted by molar-refractivity contribution is 5.93. The first kappa shape index (κ1) is 41.3. The van der Waals surface area contributed by atoms with E-state index in [1.165, 1.54) is 48.5 Å². The molecule has 0 aromatic heterocycles. The van der Waals surface area contributed by atoms with Gasteiger partial charge in [0, 0.05) is 6.08 Å². The standard InChI is InChI=1S/C45H44O13/c1-3-5-8-29-9-11-30(12-10-29)42(47)55-35-21-15-32(16-22-35)44(49)57-37-27-53-41-38(28-54-40(37)41)58-45(50)33-17-23-36(24-18-33)56-43(48)31-13-19-34(20-14-31)51-25-6-7-26-52-39(46)4-2/h4,9-24,37-38,40-41H,2-3,5-8,25-28H2,1H3/t37-,38+,40-,41-/m1/s1. The first-order valence-electron chi connectivity index (χ1n) is 19.1. The molecule has 13 heteroatoms. The summed E-state index contributed by atoms with van der Waals surface area (Å²) in [7, 11) is 0. The summed E-state index contributed by atoms with van der Waals surface area (Å²) in [5.74, 6) is -1.71. The molecule has 0 aliphatic carbocycles. The summed E-state index contributed by atoms with van der Waals surface area (Å²) in [5.41, 5.74) is 2.36. The summed E-state index contributed by atoms with van der Waals surface area (Å²) in [6, 6.07) is 25.8. The molecule has 6 rings (SSSR count). The number of carbonyl (C=O) groups is 5. The number of hydrogen-bond acceptors (Lipinski definition) is 13. The number of aryl methyl sites for hydroxylation is 1. The molecule has 2 fully saturated rings. The van der Waals surface area contributed by atoms with Crippen LogP contribution in [0.5, 0.6) is 17.2 Å². The van der Waals surface area contributed by atoms with E-state index in [1.807, 2.05) is 12.1 Å². The van der Waals surface area contributed by atoms with Crippen molar-refractivity contribution >= 4 is 29.8 Å². The van der Waals surface area contributed by atoms with Crippen molar-refractivity contribution in [1.82, 2.24) is 0 Å². The van der Waals surface area contributed by atoms with Gasteiger partial charge in [0.25, 0.3) is 0 Å².